The lowest BCUT2D eigenvalue weighted by molar-refractivity contribution is 0.590. The van der Waals surface area contributed by atoms with Gasteiger partial charge in [0.1, 0.15) is 11.2 Å². The van der Waals surface area contributed by atoms with Crippen LogP contribution < -0.4 is 0 Å². The molecule has 0 aliphatic rings. The molecule has 256 valence electrons. The molecule has 0 saturated heterocycles. The third-order valence-electron chi connectivity index (χ3n) is 10.3. The summed E-state index contributed by atoms with van der Waals surface area (Å²) >= 11 is 0. The fraction of sp³-hybridized carbons (Fsp3) is 0.184. The predicted molar refractivity (Wildman–Crippen MR) is 219 cm³/mol. The molecule has 3 heteroatoms. The summed E-state index contributed by atoms with van der Waals surface area (Å²) in [5.41, 5.74) is 15.1. The summed E-state index contributed by atoms with van der Waals surface area (Å²) in [7, 11) is 0. The second kappa shape index (κ2) is 12.8. The molecule has 0 spiro atoms. The summed E-state index contributed by atoms with van der Waals surface area (Å²) < 4.78 is 6.30. The number of furan rings is 1. The number of fused-ring (bicyclic) bond motifs is 3. The highest BCUT2D eigenvalue weighted by molar-refractivity contribution is 6.05. The van der Waals surface area contributed by atoms with E-state index in [0.29, 0.717) is 5.82 Å². The van der Waals surface area contributed by atoms with Crippen molar-refractivity contribution in [3.05, 3.63) is 156 Å². The maximum Gasteiger partial charge on any atom is 0.160 e. The Bertz CT molecular complexity index is 2480. The molecule has 0 amide bonds. The molecule has 2 aromatic heterocycles. The molecular formula is C49H44N2O. The molecule has 0 atom stereocenters. The van der Waals surface area contributed by atoms with E-state index >= 15 is 0 Å². The molecule has 8 rings (SSSR count). The van der Waals surface area contributed by atoms with Crippen LogP contribution in [0.5, 0.6) is 0 Å². The van der Waals surface area contributed by atoms with Gasteiger partial charge in [0.25, 0.3) is 0 Å². The van der Waals surface area contributed by atoms with E-state index in [0.717, 1.165) is 50.0 Å². The molecular weight excluding hydrogens is 633 g/mol. The van der Waals surface area contributed by atoms with Gasteiger partial charge >= 0.3 is 0 Å². The van der Waals surface area contributed by atoms with Crippen molar-refractivity contribution in [1.29, 1.82) is 0 Å². The van der Waals surface area contributed by atoms with Crippen molar-refractivity contribution >= 4 is 21.9 Å². The second-order valence-corrected chi connectivity index (χ2v) is 16.0. The van der Waals surface area contributed by atoms with E-state index in [-0.39, 0.29) is 10.8 Å². The van der Waals surface area contributed by atoms with Crippen LogP contribution in [0.4, 0.5) is 0 Å². The largest absolute Gasteiger partial charge is 0.456 e. The number of benzene rings is 6. The summed E-state index contributed by atoms with van der Waals surface area (Å²) in [6.07, 6.45) is 0. The lowest BCUT2D eigenvalue weighted by Gasteiger charge is -2.21. The van der Waals surface area contributed by atoms with E-state index in [4.69, 9.17) is 14.4 Å². The fourth-order valence-electron chi connectivity index (χ4n) is 7.11. The second-order valence-electron chi connectivity index (χ2n) is 16.0. The van der Waals surface area contributed by atoms with Crippen LogP contribution in [-0.4, -0.2) is 9.97 Å². The average molecular weight is 677 g/mol. The van der Waals surface area contributed by atoms with E-state index in [1.54, 1.807) is 0 Å². The van der Waals surface area contributed by atoms with Gasteiger partial charge in [0.2, 0.25) is 0 Å². The highest BCUT2D eigenvalue weighted by atomic mass is 16.3. The Balaban J connectivity index is 1.34. The van der Waals surface area contributed by atoms with Gasteiger partial charge in [0.05, 0.1) is 11.4 Å². The Kier molecular flexibility index (Phi) is 8.18. The zero-order chi connectivity index (χ0) is 36.2. The van der Waals surface area contributed by atoms with Crippen LogP contribution in [-0.2, 0) is 10.8 Å². The molecule has 0 aliphatic carbocycles. The minimum atomic E-state index is 0.0723. The molecule has 0 radical (unpaired) electrons. The zero-order valence-corrected chi connectivity index (χ0v) is 31.1. The topological polar surface area (TPSA) is 38.9 Å². The van der Waals surface area contributed by atoms with Gasteiger partial charge in [0.15, 0.2) is 5.82 Å². The van der Waals surface area contributed by atoms with Crippen molar-refractivity contribution in [3.63, 3.8) is 0 Å². The van der Waals surface area contributed by atoms with E-state index in [1.165, 1.54) is 38.9 Å². The van der Waals surface area contributed by atoms with Crippen LogP contribution in [0.3, 0.4) is 0 Å². The van der Waals surface area contributed by atoms with Gasteiger partial charge < -0.3 is 4.42 Å². The van der Waals surface area contributed by atoms with Crippen molar-refractivity contribution in [3.8, 4) is 56.2 Å². The van der Waals surface area contributed by atoms with Crippen molar-refractivity contribution in [1.82, 2.24) is 9.97 Å². The minimum absolute atomic E-state index is 0.0723. The van der Waals surface area contributed by atoms with Gasteiger partial charge in [-0.3, -0.25) is 0 Å². The van der Waals surface area contributed by atoms with Gasteiger partial charge in [-0.1, -0.05) is 145 Å². The van der Waals surface area contributed by atoms with Crippen LogP contribution in [0.25, 0.3) is 78.1 Å². The Labute approximate surface area is 307 Å². The number of hydrogen-bond donors (Lipinski definition) is 0. The van der Waals surface area contributed by atoms with Crippen molar-refractivity contribution < 1.29 is 4.42 Å². The molecule has 6 aromatic carbocycles. The smallest absolute Gasteiger partial charge is 0.160 e. The minimum Gasteiger partial charge on any atom is -0.456 e. The molecule has 0 fully saturated rings. The van der Waals surface area contributed by atoms with E-state index in [2.05, 4.69) is 170 Å². The maximum atomic E-state index is 6.30. The van der Waals surface area contributed by atoms with Gasteiger partial charge in [-0.2, -0.15) is 0 Å². The predicted octanol–water partition coefficient (Wildman–Crippen LogP) is 13.6. The average Bonchev–Trinajstić information content (AvgIpc) is 3.52. The van der Waals surface area contributed by atoms with Crippen LogP contribution >= 0.6 is 0 Å². The summed E-state index contributed by atoms with van der Waals surface area (Å²) in [5.74, 6) is 0.682. The van der Waals surface area contributed by atoms with Crippen molar-refractivity contribution in [2.45, 2.75) is 59.3 Å². The first-order chi connectivity index (χ1) is 24.9. The van der Waals surface area contributed by atoms with E-state index < -0.39 is 0 Å². The van der Waals surface area contributed by atoms with E-state index in [1.807, 2.05) is 18.2 Å². The van der Waals surface area contributed by atoms with Crippen LogP contribution in [0.1, 0.15) is 58.2 Å². The number of hydrogen-bond acceptors (Lipinski definition) is 3. The first-order valence-corrected chi connectivity index (χ1v) is 18.2. The van der Waals surface area contributed by atoms with Crippen LogP contribution in [0, 0.1) is 6.92 Å². The monoisotopic (exact) mass is 676 g/mol. The van der Waals surface area contributed by atoms with E-state index in [9.17, 15) is 0 Å². The first-order valence-electron chi connectivity index (χ1n) is 18.2. The van der Waals surface area contributed by atoms with Crippen molar-refractivity contribution in [2.24, 2.45) is 0 Å². The summed E-state index contributed by atoms with van der Waals surface area (Å²) in [5, 5.41) is 2.21. The molecule has 0 aliphatic heterocycles. The summed E-state index contributed by atoms with van der Waals surface area (Å²) in [6, 6.07) is 49.7. The molecule has 0 saturated carbocycles. The molecule has 0 bridgehead atoms. The lowest BCUT2D eigenvalue weighted by Crippen LogP contribution is -2.10. The molecule has 2 heterocycles. The normalized spacial score (nSPS) is 12.1. The fourth-order valence-corrected chi connectivity index (χ4v) is 7.11. The Morgan fingerprint density at radius 2 is 0.923 bits per heavy atom. The standard InChI is InChI=1S/C49H44N2O/c1-31-41(32-17-22-37(23-18-32)48(2,3)4)27-36(28-42(31)33-19-24-38(25-20-33)49(5,6)7)47-50-43(34-13-9-8-10-14-34)30-44(51-47)35-21-26-40-39-15-11-12-16-45(39)52-46(40)29-35/h8-30H,1-7H3. The van der Waals surface area contributed by atoms with Gasteiger partial charge in [-0.15, -0.1) is 0 Å². The Morgan fingerprint density at radius 3 is 1.50 bits per heavy atom. The zero-order valence-electron chi connectivity index (χ0n) is 31.1. The Hall–Kier alpha value is -5.80. The number of nitrogens with zero attached hydrogens (tertiary/aromatic N) is 2. The number of aromatic nitrogens is 2. The Morgan fingerprint density at radius 1 is 0.423 bits per heavy atom. The third kappa shape index (κ3) is 6.32. The molecule has 52 heavy (non-hydrogen) atoms. The quantitative estimate of drug-likeness (QED) is 0.182. The van der Waals surface area contributed by atoms with Crippen LogP contribution in [0.15, 0.2) is 144 Å². The molecule has 8 aromatic rings. The lowest BCUT2D eigenvalue weighted by atomic mass is 9.84. The highest BCUT2D eigenvalue weighted by Gasteiger charge is 2.20. The summed E-state index contributed by atoms with van der Waals surface area (Å²) in [4.78, 5) is 10.6. The molecule has 0 N–H and O–H groups in total. The van der Waals surface area contributed by atoms with Gasteiger partial charge in [0, 0.05) is 27.5 Å². The number of rotatable bonds is 5. The highest BCUT2D eigenvalue weighted by Crippen LogP contribution is 2.39. The number of para-hydroxylation sites is 1. The summed E-state index contributed by atoms with van der Waals surface area (Å²) in [6.45, 7) is 15.8. The van der Waals surface area contributed by atoms with Crippen LogP contribution in [0.2, 0.25) is 0 Å². The molecule has 0 unspecified atom stereocenters. The van der Waals surface area contributed by atoms with Gasteiger partial charge in [-0.25, -0.2) is 9.97 Å². The first kappa shape index (κ1) is 33.3. The maximum absolute atomic E-state index is 6.30. The SMILES string of the molecule is Cc1c(-c2ccc(C(C)(C)C)cc2)cc(-c2nc(-c3ccccc3)cc(-c3ccc4c(c3)oc3ccccc34)n2)cc1-c1ccc(C(C)(C)C)cc1. The molecule has 3 nitrogen and oxygen atoms in total. The van der Waals surface area contributed by atoms with Gasteiger partial charge in [-0.05, 0) is 93.1 Å². The third-order valence-corrected chi connectivity index (χ3v) is 10.3. The van der Waals surface area contributed by atoms with Crippen molar-refractivity contribution in [2.75, 3.05) is 0 Å².